The third kappa shape index (κ3) is 3.37. The van der Waals surface area contributed by atoms with Crippen LogP contribution in [0.3, 0.4) is 0 Å². The highest BCUT2D eigenvalue weighted by molar-refractivity contribution is 5.77. The van der Waals surface area contributed by atoms with E-state index >= 15 is 0 Å². The highest BCUT2D eigenvalue weighted by Crippen LogP contribution is 2.18. The Morgan fingerprint density at radius 2 is 1.81 bits per heavy atom. The van der Waals surface area contributed by atoms with Crippen LogP contribution in [-0.2, 0) is 9.53 Å². The van der Waals surface area contributed by atoms with E-state index in [2.05, 4.69) is 0 Å². The molecule has 2 unspecified atom stereocenters. The summed E-state index contributed by atoms with van der Waals surface area (Å²) < 4.78 is 5.31. The third-order valence-corrected chi connectivity index (χ3v) is 2.82. The minimum absolute atomic E-state index is 0.000369. The second kappa shape index (κ2) is 5.69. The highest BCUT2D eigenvalue weighted by atomic mass is 16.5. The summed E-state index contributed by atoms with van der Waals surface area (Å²) in [5.74, 6) is -0.326. The van der Waals surface area contributed by atoms with Gasteiger partial charge in [0, 0.05) is 0 Å². The average molecular weight is 220 g/mol. The van der Waals surface area contributed by atoms with E-state index in [1.807, 2.05) is 52.0 Å². The van der Waals surface area contributed by atoms with E-state index in [0.29, 0.717) is 0 Å². The maximum Gasteiger partial charge on any atom is 0.313 e. The molecule has 0 saturated heterocycles. The number of hydrogen-bond acceptors (Lipinski definition) is 2. The molecule has 0 aliphatic rings. The number of carbonyl (C=O) groups is 1. The Hall–Kier alpha value is -1.31. The number of benzene rings is 1. The number of ether oxygens (including phenoxy) is 1. The first kappa shape index (κ1) is 12.8. The maximum atomic E-state index is 11.8. The van der Waals surface area contributed by atoms with Crippen LogP contribution >= 0.6 is 0 Å². The summed E-state index contributed by atoms with van der Waals surface area (Å²) in [6.07, 6.45) is 0.854. The predicted octanol–water partition coefficient (Wildman–Crippen LogP) is 3.44. The number of esters is 1. The Balaban J connectivity index is 2.66. The lowest BCUT2D eigenvalue weighted by Crippen LogP contribution is -2.19. The van der Waals surface area contributed by atoms with Crippen LogP contribution in [0.15, 0.2) is 24.3 Å². The molecule has 0 saturated carbocycles. The normalized spacial score (nSPS) is 14.2. The molecule has 0 radical (unpaired) electrons. The van der Waals surface area contributed by atoms with E-state index in [4.69, 9.17) is 4.74 Å². The van der Waals surface area contributed by atoms with Gasteiger partial charge in [0.05, 0.1) is 12.0 Å². The van der Waals surface area contributed by atoms with Crippen molar-refractivity contribution in [1.29, 1.82) is 0 Å². The van der Waals surface area contributed by atoms with Crippen molar-refractivity contribution in [2.75, 3.05) is 0 Å². The van der Waals surface area contributed by atoms with Gasteiger partial charge in [0.15, 0.2) is 0 Å². The van der Waals surface area contributed by atoms with Gasteiger partial charge < -0.3 is 4.74 Å². The van der Waals surface area contributed by atoms with Gasteiger partial charge in [0.25, 0.3) is 0 Å². The highest BCUT2D eigenvalue weighted by Gasteiger charge is 2.18. The number of aryl methyl sites for hydroxylation is 1. The topological polar surface area (TPSA) is 26.3 Å². The van der Waals surface area contributed by atoms with Crippen molar-refractivity contribution in [2.45, 2.75) is 46.1 Å². The predicted molar refractivity (Wildman–Crippen MR) is 65.4 cm³/mol. The largest absolute Gasteiger partial charge is 0.462 e. The maximum absolute atomic E-state index is 11.8. The summed E-state index contributed by atoms with van der Waals surface area (Å²) in [6, 6.07) is 8.00. The minimum atomic E-state index is -0.186. The van der Waals surface area contributed by atoms with Gasteiger partial charge in [0.2, 0.25) is 0 Å². The van der Waals surface area contributed by atoms with Crippen LogP contribution in [0.1, 0.15) is 44.2 Å². The van der Waals surface area contributed by atoms with Gasteiger partial charge in [-0.25, -0.2) is 0 Å². The number of carbonyl (C=O) groups excluding carboxylic acids is 1. The average Bonchev–Trinajstić information content (AvgIpc) is 2.28. The first-order valence-corrected chi connectivity index (χ1v) is 5.81. The fourth-order valence-electron chi connectivity index (χ4n) is 1.37. The molecule has 1 rings (SSSR count). The molecule has 16 heavy (non-hydrogen) atoms. The summed E-state index contributed by atoms with van der Waals surface area (Å²) in [6.45, 7) is 7.84. The van der Waals surface area contributed by atoms with Gasteiger partial charge in [-0.2, -0.15) is 0 Å². The van der Waals surface area contributed by atoms with E-state index in [1.165, 1.54) is 5.56 Å². The summed E-state index contributed by atoms with van der Waals surface area (Å²) >= 11 is 0. The minimum Gasteiger partial charge on any atom is -0.462 e. The summed E-state index contributed by atoms with van der Waals surface area (Å²) in [5.41, 5.74) is 2.21. The standard InChI is InChI=1S/C14H20O2/c1-5-11(3)16-14(15)12(4)13-8-6-10(2)7-9-13/h6-9,11-12H,5H2,1-4H3. The van der Waals surface area contributed by atoms with Crippen LogP contribution in [0.5, 0.6) is 0 Å². The zero-order chi connectivity index (χ0) is 12.1. The van der Waals surface area contributed by atoms with Crippen molar-refractivity contribution in [3.8, 4) is 0 Å². The van der Waals surface area contributed by atoms with Crippen LogP contribution < -0.4 is 0 Å². The fraction of sp³-hybridized carbons (Fsp3) is 0.500. The second-order valence-electron chi connectivity index (χ2n) is 4.29. The van der Waals surface area contributed by atoms with Crippen molar-refractivity contribution in [3.63, 3.8) is 0 Å². The van der Waals surface area contributed by atoms with Crippen LogP contribution in [0.25, 0.3) is 0 Å². The van der Waals surface area contributed by atoms with E-state index in [9.17, 15) is 4.79 Å². The molecule has 0 N–H and O–H groups in total. The summed E-state index contributed by atoms with van der Waals surface area (Å²) in [5, 5.41) is 0. The molecule has 0 spiro atoms. The molecule has 2 nitrogen and oxygen atoms in total. The monoisotopic (exact) mass is 220 g/mol. The molecule has 1 aromatic rings. The molecule has 0 fully saturated rings. The smallest absolute Gasteiger partial charge is 0.313 e. The number of rotatable bonds is 4. The molecule has 0 aromatic heterocycles. The van der Waals surface area contributed by atoms with Gasteiger partial charge >= 0.3 is 5.97 Å². The molecular weight excluding hydrogens is 200 g/mol. The van der Waals surface area contributed by atoms with Crippen LogP contribution in [0.2, 0.25) is 0 Å². The molecule has 2 heteroatoms. The van der Waals surface area contributed by atoms with Crippen LogP contribution in [0.4, 0.5) is 0 Å². The van der Waals surface area contributed by atoms with E-state index in [-0.39, 0.29) is 18.0 Å². The van der Waals surface area contributed by atoms with Gasteiger partial charge in [-0.05, 0) is 32.8 Å². The Kier molecular flexibility index (Phi) is 4.53. The molecule has 0 amide bonds. The molecular formula is C14H20O2. The lowest BCUT2D eigenvalue weighted by molar-refractivity contribution is -0.149. The van der Waals surface area contributed by atoms with Crippen molar-refractivity contribution in [2.24, 2.45) is 0 Å². The molecule has 1 aromatic carbocycles. The van der Waals surface area contributed by atoms with E-state index in [0.717, 1.165) is 12.0 Å². The zero-order valence-corrected chi connectivity index (χ0v) is 10.5. The Morgan fingerprint density at radius 1 is 1.25 bits per heavy atom. The van der Waals surface area contributed by atoms with E-state index < -0.39 is 0 Å². The fourth-order valence-corrected chi connectivity index (χ4v) is 1.37. The Bertz CT molecular complexity index is 340. The van der Waals surface area contributed by atoms with Crippen molar-refractivity contribution in [1.82, 2.24) is 0 Å². The first-order chi connectivity index (χ1) is 7.54. The Labute approximate surface area is 97.6 Å². The van der Waals surface area contributed by atoms with Gasteiger partial charge in [-0.1, -0.05) is 36.8 Å². The SMILES string of the molecule is CCC(C)OC(=O)C(C)c1ccc(C)cc1. The second-order valence-corrected chi connectivity index (χ2v) is 4.29. The molecule has 88 valence electrons. The zero-order valence-electron chi connectivity index (χ0n) is 10.5. The third-order valence-electron chi connectivity index (χ3n) is 2.82. The molecule has 0 aliphatic carbocycles. The van der Waals surface area contributed by atoms with Crippen molar-refractivity contribution < 1.29 is 9.53 Å². The quantitative estimate of drug-likeness (QED) is 0.726. The summed E-state index contributed by atoms with van der Waals surface area (Å²) in [7, 11) is 0. The summed E-state index contributed by atoms with van der Waals surface area (Å²) in [4.78, 5) is 11.8. The van der Waals surface area contributed by atoms with Crippen molar-refractivity contribution >= 4 is 5.97 Å². The van der Waals surface area contributed by atoms with Gasteiger partial charge in [-0.3, -0.25) is 4.79 Å². The van der Waals surface area contributed by atoms with Gasteiger partial charge in [-0.15, -0.1) is 0 Å². The van der Waals surface area contributed by atoms with Crippen molar-refractivity contribution in [3.05, 3.63) is 35.4 Å². The molecule has 2 atom stereocenters. The van der Waals surface area contributed by atoms with Crippen LogP contribution in [0, 0.1) is 6.92 Å². The molecule has 0 aliphatic heterocycles. The Morgan fingerprint density at radius 3 is 2.31 bits per heavy atom. The lowest BCUT2D eigenvalue weighted by atomic mass is 10.0. The first-order valence-electron chi connectivity index (χ1n) is 5.81. The van der Waals surface area contributed by atoms with E-state index in [1.54, 1.807) is 0 Å². The lowest BCUT2D eigenvalue weighted by Gasteiger charge is -2.15. The van der Waals surface area contributed by atoms with Gasteiger partial charge in [0.1, 0.15) is 0 Å². The number of hydrogen-bond donors (Lipinski definition) is 0. The van der Waals surface area contributed by atoms with Crippen LogP contribution in [-0.4, -0.2) is 12.1 Å². The molecule has 0 heterocycles. The molecule has 0 bridgehead atoms.